The van der Waals surface area contributed by atoms with Crippen LogP contribution in [0.25, 0.3) is 0 Å². The van der Waals surface area contributed by atoms with E-state index in [0.717, 1.165) is 19.0 Å². The van der Waals surface area contributed by atoms with Crippen LogP contribution >= 0.6 is 0 Å². The van der Waals surface area contributed by atoms with Crippen molar-refractivity contribution in [3.8, 4) is 0 Å². The third-order valence-corrected chi connectivity index (χ3v) is 1.80. The first kappa shape index (κ1) is 12.6. The molecular formula is C8H12FN3O4. The lowest BCUT2D eigenvalue weighted by atomic mass is 10.4. The molecule has 0 aliphatic carbocycles. The Bertz CT molecular complexity index is 378. The summed E-state index contributed by atoms with van der Waals surface area (Å²) in [6.45, 7) is 0.714. The van der Waals surface area contributed by atoms with Gasteiger partial charge in [0.25, 0.3) is 0 Å². The van der Waals surface area contributed by atoms with Crippen molar-refractivity contribution in [1.29, 1.82) is 0 Å². The molecule has 4 N–H and O–H groups in total. The van der Waals surface area contributed by atoms with Gasteiger partial charge in [-0.25, -0.2) is 19.3 Å². The molecule has 1 atom stereocenters. The van der Waals surface area contributed by atoms with Crippen LogP contribution in [0.2, 0.25) is 0 Å². The van der Waals surface area contributed by atoms with E-state index in [2.05, 4.69) is 9.87 Å². The summed E-state index contributed by atoms with van der Waals surface area (Å²) in [5.74, 6) is -0.996. The van der Waals surface area contributed by atoms with Gasteiger partial charge < -0.3 is 10.5 Å². The Morgan fingerprint density at radius 1 is 1.75 bits per heavy atom. The van der Waals surface area contributed by atoms with Gasteiger partial charge in [0.05, 0.1) is 12.8 Å². The minimum absolute atomic E-state index is 0.282. The number of hydrogen-bond donors (Lipinski definition) is 3. The third kappa shape index (κ3) is 3.93. The maximum absolute atomic E-state index is 12.1. The predicted molar refractivity (Wildman–Crippen MR) is 51.9 cm³/mol. The first-order valence-electron chi connectivity index (χ1n) is 4.55. The summed E-state index contributed by atoms with van der Waals surface area (Å²) in [4.78, 5) is 19.2. The molecule has 0 saturated carbocycles. The van der Waals surface area contributed by atoms with Crippen LogP contribution in [0.3, 0.4) is 0 Å². The lowest BCUT2D eigenvalue weighted by molar-refractivity contribution is -0.334. The van der Waals surface area contributed by atoms with E-state index in [9.17, 15) is 9.18 Å². The SMILES string of the molecule is Nc1[nH]c(=O)ncc1F.OO[C@H]1CCCO1. The topological polar surface area (TPSA) is 110 Å². The monoisotopic (exact) mass is 233 g/mol. The Balaban J connectivity index is 0.000000165. The van der Waals surface area contributed by atoms with Crippen molar-refractivity contribution in [2.75, 3.05) is 12.3 Å². The predicted octanol–water partition coefficient (Wildman–Crippen LogP) is 0.104. The van der Waals surface area contributed by atoms with Gasteiger partial charge in [-0.3, -0.25) is 4.98 Å². The number of anilines is 1. The fraction of sp³-hybridized carbons (Fsp3) is 0.500. The Morgan fingerprint density at radius 3 is 2.88 bits per heavy atom. The molecule has 0 radical (unpaired) electrons. The highest BCUT2D eigenvalue weighted by Gasteiger charge is 2.14. The molecule has 1 aliphatic heterocycles. The van der Waals surface area contributed by atoms with Crippen molar-refractivity contribution in [3.63, 3.8) is 0 Å². The number of hydrogen-bond acceptors (Lipinski definition) is 6. The molecular weight excluding hydrogens is 221 g/mol. The largest absolute Gasteiger partial charge is 0.383 e. The molecule has 2 rings (SSSR count). The molecule has 7 nitrogen and oxygen atoms in total. The average Bonchev–Trinajstić information content (AvgIpc) is 2.77. The molecule has 1 fully saturated rings. The number of nitrogen functional groups attached to an aromatic ring is 1. The number of halogens is 1. The fourth-order valence-electron chi connectivity index (χ4n) is 1.02. The summed E-state index contributed by atoms with van der Waals surface area (Å²) in [7, 11) is 0. The van der Waals surface area contributed by atoms with Crippen molar-refractivity contribution in [3.05, 3.63) is 22.5 Å². The minimum Gasteiger partial charge on any atom is -0.383 e. The van der Waals surface area contributed by atoms with Crippen LogP contribution in [0.4, 0.5) is 10.2 Å². The summed E-state index contributed by atoms with van der Waals surface area (Å²) in [6.07, 6.45) is 2.23. The van der Waals surface area contributed by atoms with Gasteiger partial charge in [-0.2, -0.15) is 4.98 Å². The van der Waals surface area contributed by atoms with Crippen molar-refractivity contribution < 1.29 is 19.3 Å². The lowest BCUT2D eigenvalue weighted by Gasteiger charge is -2.00. The van der Waals surface area contributed by atoms with Gasteiger partial charge in [0, 0.05) is 6.42 Å². The minimum atomic E-state index is -0.713. The number of rotatable bonds is 1. The molecule has 0 amide bonds. The second kappa shape index (κ2) is 6.16. The zero-order valence-corrected chi connectivity index (χ0v) is 8.35. The molecule has 1 saturated heterocycles. The summed E-state index contributed by atoms with van der Waals surface area (Å²) in [6, 6.07) is 0. The van der Waals surface area contributed by atoms with Gasteiger partial charge in [0.2, 0.25) is 0 Å². The smallest absolute Gasteiger partial charge is 0.346 e. The van der Waals surface area contributed by atoms with Gasteiger partial charge in [-0.1, -0.05) is 0 Å². The Hall–Kier alpha value is -1.51. The van der Waals surface area contributed by atoms with Crippen LogP contribution in [0.5, 0.6) is 0 Å². The highest BCUT2D eigenvalue weighted by Crippen LogP contribution is 2.10. The van der Waals surface area contributed by atoms with Crippen molar-refractivity contribution >= 4 is 5.82 Å². The first-order chi connectivity index (χ1) is 7.63. The number of aromatic amines is 1. The van der Waals surface area contributed by atoms with Crippen LogP contribution < -0.4 is 11.4 Å². The molecule has 0 aromatic carbocycles. The van der Waals surface area contributed by atoms with E-state index >= 15 is 0 Å². The van der Waals surface area contributed by atoms with Gasteiger partial charge in [-0.15, -0.1) is 0 Å². The van der Waals surface area contributed by atoms with Crippen molar-refractivity contribution in [2.45, 2.75) is 19.1 Å². The van der Waals surface area contributed by atoms with Crippen molar-refractivity contribution in [2.24, 2.45) is 0 Å². The van der Waals surface area contributed by atoms with E-state index in [0.29, 0.717) is 6.61 Å². The fourth-order valence-corrected chi connectivity index (χ4v) is 1.02. The summed E-state index contributed by atoms with van der Waals surface area (Å²) >= 11 is 0. The second-order valence-corrected chi connectivity index (χ2v) is 3.00. The molecule has 1 aromatic heterocycles. The van der Waals surface area contributed by atoms with Gasteiger partial charge >= 0.3 is 5.69 Å². The molecule has 0 unspecified atom stereocenters. The number of nitrogens with two attached hydrogens (primary N) is 1. The molecule has 1 aliphatic rings. The molecule has 16 heavy (non-hydrogen) atoms. The van der Waals surface area contributed by atoms with Gasteiger partial charge in [-0.05, 0) is 6.42 Å². The van der Waals surface area contributed by atoms with Crippen molar-refractivity contribution in [1.82, 2.24) is 9.97 Å². The molecule has 8 heteroatoms. The number of ether oxygens (including phenoxy) is 1. The van der Waals surface area contributed by atoms with E-state index in [1.807, 2.05) is 4.98 Å². The van der Waals surface area contributed by atoms with Crippen LogP contribution in [0.1, 0.15) is 12.8 Å². The van der Waals surface area contributed by atoms with Crippen LogP contribution in [0, 0.1) is 5.82 Å². The Labute approximate surface area is 89.9 Å². The highest BCUT2D eigenvalue weighted by atomic mass is 19.1. The standard InChI is InChI=1S/C4H4FN3O.C4H8O3/c5-2-1-7-4(9)8-3(2)6;5-7-4-2-1-3-6-4/h1H,(H3,6,7,8,9);4-5H,1-3H2/t;4-/m.0/s1. The van der Waals surface area contributed by atoms with E-state index in [1.165, 1.54) is 0 Å². The summed E-state index contributed by atoms with van der Waals surface area (Å²) in [5.41, 5.74) is 4.31. The molecule has 1 aromatic rings. The quantitative estimate of drug-likeness (QED) is 0.468. The van der Waals surface area contributed by atoms with Crippen LogP contribution in [0.15, 0.2) is 11.0 Å². The van der Waals surface area contributed by atoms with E-state index in [-0.39, 0.29) is 12.1 Å². The van der Waals surface area contributed by atoms with Gasteiger partial charge in [0.15, 0.2) is 12.1 Å². The number of H-pyrrole nitrogens is 1. The van der Waals surface area contributed by atoms with E-state index in [4.69, 9.17) is 15.7 Å². The summed E-state index contributed by atoms with van der Waals surface area (Å²) in [5, 5.41) is 7.94. The normalized spacial score (nSPS) is 19.0. The molecule has 90 valence electrons. The first-order valence-corrected chi connectivity index (χ1v) is 4.55. The average molecular weight is 233 g/mol. The van der Waals surface area contributed by atoms with Gasteiger partial charge in [0.1, 0.15) is 5.82 Å². The second-order valence-electron chi connectivity index (χ2n) is 3.00. The highest BCUT2D eigenvalue weighted by molar-refractivity contribution is 5.25. The maximum Gasteiger partial charge on any atom is 0.346 e. The molecule has 2 heterocycles. The van der Waals surface area contributed by atoms with E-state index < -0.39 is 11.5 Å². The van der Waals surface area contributed by atoms with Crippen LogP contribution in [-0.4, -0.2) is 28.1 Å². The number of nitrogens with zero attached hydrogens (tertiary/aromatic N) is 1. The Morgan fingerprint density at radius 2 is 2.50 bits per heavy atom. The molecule has 0 bridgehead atoms. The number of nitrogens with one attached hydrogen (secondary N) is 1. The third-order valence-electron chi connectivity index (χ3n) is 1.80. The zero-order valence-electron chi connectivity index (χ0n) is 8.35. The number of aromatic nitrogens is 2. The maximum atomic E-state index is 12.1. The van der Waals surface area contributed by atoms with Crippen LogP contribution in [-0.2, 0) is 9.62 Å². The molecule has 0 spiro atoms. The zero-order chi connectivity index (χ0) is 12.0. The summed E-state index contributed by atoms with van der Waals surface area (Å²) < 4.78 is 17.0. The van der Waals surface area contributed by atoms with E-state index in [1.54, 1.807) is 0 Å². The Kier molecular flexibility index (Phi) is 4.83. The lowest BCUT2D eigenvalue weighted by Crippen LogP contribution is -2.12.